The fourth-order valence-corrected chi connectivity index (χ4v) is 4.59. The molecule has 0 N–H and O–H groups in total. The Labute approximate surface area is 195 Å². The molecule has 33 heavy (non-hydrogen) atoms. The van der Waals surface area contributed by atoms with Crippen LogP contribution in [0, 0.1) is 0 Å². The Morgan fingerprint density at radius 3 is 1.85 bits per heavy atom. The molecule has 5 nitrogen and oxygen atoms in total. The summed E-state index contributed by atoms with van der Waals surface area (Å²) in [6.07, 6.45) is 6.04. The van der Waals surface area contributed by atoms with Gasteiger partial charge in [0, 0.05) is 31.0 Å². The summed E-state index contributed by atoms with van der Waals surface area (Å²) < 4.78 is 2.06. The zero-order valence-corrected chi connectivity index (χ0v) is 19.1. The minimum absolute atomic E-state index is 0.0258. The predicted molar refractivity (Wildman–Crippen MR) is 128 cm³/mol. The summed E-state index contributed by atoms with van der Waals surface area (Å²) >= 11 is 0. The average molecular weight is 442 g/mol. The topological polar surface area (TPSA) is 45.6 Å². The van der Waals surface area contributed by atoms with Crippen molar-refractivity contribution in [1.82, 2.24) is 14.4 Å². The van der Waals surface area contributed by atoms with Crippen molar-refractivity contribution in [2.75, 3.05) is 6.54 Å². The summed E-state index contributed by atoms with van der Waals surface area (Å²) in [5.74, 6) is -0.320. The van der Waals surface area contributed by atoms with E-state index < -0.39 is 5.92 Å². The van der Waals surface area contributed by atoms with Gasteiger partial charge in [0.2, 0.25) is 11.8 Å². The maximum atomic E-state index is 14.0. The van der Waals surface area contributed by atoms with Crippen molar-refractivity contribution < 1.29 is 9.59 Å². The molecular formula is C28H31N3O2. The average Bonchev–Trinajstić information content (AvgIpc) is 3.77. The molecule has 0 aliphatic heterocycles. The minimum atomic E-state index is -0.400. The maximum absolute atomic E-state index is 14.0. The first-order chi connectivity index (χ1) is 16.1. The van der Waals surface area contributed by atoms with Gasteiger partial charge in [-0.1, -0.05) is 60.7 Å². The van der Waals surface area contributed by atoms with Crippen LogP contribution in [0.5, 0.6) is 0 Å². The molecule has 1 aromatic heterocycles. The van der Waals surface area contributed by atoms with E-state index in [0.717, 1.165) is 42.5 Å². The van der Waals surface area contributed by atoms with Gasteiger partial charge in [0.05, 0.1) is 12.5 Å². The van der Waals surface area contributed by atoms with Crippen LogP contribution in [0.4, 0.5) is 0 Å². The standard InChI is InChI=1S/C28H31N3O2/c1-29-18-8-13-25(29)19-30(23-14-15-23)26(32)20-31(24-16-17-24)28(33)27(21-9-4-2-5-10-21)22-11-6-3-7-12-22/h2-13,18,23-24,27H,14-17,19-20H2,1H3. The van der Waals surface area contributed by atoms with Crippen LogP contribution < -0.4 is 0 Å². The largest absolute Gasteiger partial charge is 0.353 e. The molecule has 2 aliphatic rings. The van der Waals surface area contributed by atoms with Crippen LogP contribution in [0.2, 0.25) is 0 Å². The van der Waals surface area contributed by atoms with Gasteiger partial charge in [-0.15, -0.1) is 0 Å². The summed E-state index contributed by atoms with van der Waals surface area (Å²) in [5.41, 5.74) is 3.05. The van der Waals surface area contributed by atoms with E-state index >= 15 is 0 Å². The molecule has 2 fully saturated rings. The first-order valence-corrected chi connectivity index (χ1v) is 11.9. The van der Waals surface area contributed by atoms with Crippen LogP contribution in [0.25, 0.3) is 0 Å². The van der Waals surface area contributed by atoms with Crippen LogP contribution in [0.3, 0.4) is 0 Å². The van der Waals surface area contributed by atoms with E-state index in [1.165, 1.54) is 0 Å². The minimum Gasteiger partial charge on any atom is -0.353 e. The summed E-state index contributed by atoms with van der Waals surface area (Å²) in [7, 11) is 2.01. The van der Waals surface area contributed by atoms with Gasteiger partial charge in [-0.05, 0) is 48.9 Å². The summed E-state index contributed by atoms with van der Waals surface area (Å²) in [6.45, 7) is 0.751. The Kier molecular flexibility index (Phi) is 6.03. The third-order valence-corrected chi connectivity index (χ3v) is 6.78. The number of hydrogen-bond donors (Lipinski definition) is 0. The molecule has 0 bridgehead atoms. The van der Waals surface area contributed by atoms with Gasteiger partial charge in [-0.2, -0.15) is 0 Å². The van der Waals surface area contributed by atoms with Gasteiger partial charge in [-0.25, -0.2) is 0 Å². The molecule has 2 saturated carbocycles. The number of amides is 2. The van der Waals surface area contributed by atoms with E-state index in [-0.39, 0.29) is 24.4 Å². The van der Waals surface area contributed by atoms with Gasteiger partial charge in [0.15, 0.2) is 0 Å². The molecule has 2 amide bonds. The molecule has 5 heteroatoms. The molecule has 1 heterocycles. The highest BCUT2D eigenvalue weighted by atomic mass is 16.2. The summed E-state index contributed by atoms with van der Waals surface area (Å²) in [6, 6.07) is 24.4. The number of aromatic nitrogens is 1. The molecule has 3 aromatic rings. The number of benzene rings is 2. The lowest BCUT2D eigenvalue weighted by molar-refractivity contribution is -0.142. The first-order valence-electron chi connectivity index (χ1n) is 11.9. The molecule has 0 atom stereocenters. The van der Waals surface area contributed by atoms with Gasteiger partial charge < -0.3 is 14.4 Å². The van der Waals surface area contributed by atoms with Crippen LogP contribution in [-0.2, 0) is 23.2 Å². The van der Waals surface area contributed by atoms with Crippen LogP contribution in [-0.4, -0.2) is 44.8 Å². The third kappa shape index (κ3) is 4.87. The number of carbonyl (C=O) groups is 2. The molecule has 2 aliphatic carbocycles. The van der Waals surface area contributed by atoms with Crippen LogP contribution in [0.15, 0.2) is 79.0 Å². The van der Waals surface area contributed by atoms with E-state index in [1.54, 1.807) is 0 Å². The molecular weight excluding hydrogens is 410 g/mol. The molecule has 5 rings (SSSR count). The fraction of sp³-hybridized carbons (Fsp3) is 0.357. The van der Waals surface area contributed by atoms with Crippen molar-refractivity contribution in [3.63, 3.8) is 0 Å². The van der Waals surface area contributed by atoms with Crippen LogP contribution in [0.1, 0.15) is 48.4 Å². The second-order valence-corrected chi connectivity index (χ2v) is 9.31. The van der Waals surface area contributed by atoms with Gasteiger partial charge in [0.1, 0.15) is 6.54 Å². The van der Waals surface area contributed by atoms with Crippen molar-refractivity contribution in [3.8, 4) is 0 Å². The van der Waals surface area contributed by atoms with E-state index in [2.05, 4.69) is 10.6 Å². The van der Waals surface area contributed by atoms with E-state index in [0.29, 0.717) is 12.6 Å². The normalized spacial score (nSPS) is 15.5. The lowest BCUT2D eigenvalue weighted by Crippen LogP contribution is -2.46. The lowest BCUT2D eigenvalue weighted by Gasteiger charge is -2.31. The third-order valence-electron chi connectivity index (χ3n) is 6.78. The highest BCUT2D eigenvalue weighted by molar-refractivity contribution is 5.91. The second kappa shape index (κ2) is 9.26. The van der Waals surface area contributed by atoms with Crippen molar-refractivity contribution in [1.29, 1.82) is 0 Å². The second-order valence-electron chi connectivity index (χ2n) is 9.31. The highest BCUT2D eigenvalue weighted by Gasteiger charge is 2.40. The zero-order chi connectivity index (χ0) is 22.8. The van der Waals surface area contributed by atoms with E-state index in [1.807, 2.05) is 89.8 Å². The number of aryl methyl sites for hydroxylation is 1. The number of hydrogen-bond acceptors (Lipinski definition) is 2. The number of carbonyl (C=O) groups excluding carboxylic acids is 2. The summed E-state index contributed by atoms with van der Waals surface area (Å²) in [5, 5.41) is 0. The Bertz CT molecular complexity index is 1060. The number of nitrogens with zero attached hydrogens (tertiary/aromatic N) is 3. The molecule has 2 aromatic carbocycles. The van der Waals surface area contributed by atoms with Crippen molar-refractivity contribution in [3.05, 3.63) is 95.8 Å². The fourth-order valence-electron chi connectivity index (χ4n) is 4.59. The predicted octanol–water partition coefficient (Wildman–Crippen LogP) is 4.34. The summed E-state index contributed by atoms with van der Waals surface area (Å²) in [4.78, 5) is 31.4. The molecule has 170 valence electrons. The Morgan fingerprint density at radius 1 is 0.818 bits per heavy atom. The van der Waals surface area contributed by atoms with E-state index in [9.17, 15) is 9.59 Å². The Hall–Kier alpha value is -3.34. The molecule has 0 radical (unpaired) electrons. The van der Waals surface area contributed by atoms with Gasteiger partial charge >= 0.3 is 0 Å². The molecule has 0 unspecified atom stereocenters. The van der Waals surface area contributed by atoms with Gasteiger partial charge in [-0.3, -0.25) is 9.59 Å². The Morgan fingerprint density at radius 2 is 1.36 bits per heavy atom. The van der Waals surface area contributed by atoms with Crippen molar-refractivity contribution >= 4 is 11.8 Å². The van der Waals surface area contributed by atoms with E-state index in [4.69, 9.17) is 0 Å². The zero-order valence-electron chi connectivity index (χ0n) is 19.1. The smallest absolute Gasteiger partial charge is 0.242 e. The highest BCUT2D eigenvalue weighted by Crippen LogP contribution is 2.34. The lowest BCUT2D eigenvalue weighted by atomic mass is 9.90. The van der Waals surface area contributed by atoms with Gasteiger partial charge in [0.25, 0.3) is 0 Å². The SMILES string of the molecule is Cn1cccc1CN(C(=O)CN(C(=O)C(c1ccccc1)c1ccccc1)C1CC1)C1CC1. The monoisotopic (exact) mass is 441 g/mol. The Balaban J connectivity index is 1.40. The molecule has 0 saturated heterocycles. The van der Waals surface area contributed by atoms with Crippen molar-refractivity contribution in [2.24, 2.45) is 7.05 Å². The quantitative estimate of drug-likeness (QED) is 0.496. The maximum Gasteiger partial charge on any atom is 0.242 e. The molecule has 0 spiro atoms. The van der Waals surface area contributed by atoms with Crippen LogP contribution >= 0.6 is 0 Å². The van der Waals surface area contributed by atoms with Crippen molar-refractivity contribution in [2.45, 2.75) is 50.2 Å². The first kappa shape index (κ1) is 21.5. The number of rotatable bonds is 9.